The Hall–Kier alpha value is -1.71. The summed E-state index contributed by atoms with van der Waals surface area (Å²) in [6, 6.07) is 5.85. The fourth-order valence-electron chi connectivity index (χ4n) is 2.82. The van der Waals surface area contributed by atoms with Gasteiger partial charge in [0, 0.05) is 18.7 Å². The van der Waals surface area contributed by atoms with Gasteiger partial charge in [-0.05, 0) is 49.9 Å². The summed E-state index contributed by atoms with van der Waals surface area (Å²) >= 11 is 0. The van der Waals surface area contributed by atoms with Crippen LogP contribution in [0.5, 0.6) is 0 Å². The standard InChI is InChI=1S/C17H22FNO2/c1-12(2)11-15(20)17(3)9-4-10-19(16(17)21)14-7-5-13(18)6-8-14/h5-8,12H,4,9-11H2,1-3H3/t17-/m0/s1. The molecule has 1 aliphatic heterocycles. The molecule has 1 aliphatic rings. The lowest BCUT2D eigenvalue weighted by molar-refractivity contribution is -0.141. The molecule has 0 unspecified atom stereocenters. The topological polar surface area (TPSA) is 37.4 Å². The van der Waals surface area contributed by atoms with Gasteiger partial charge >= 0.3 is 0 Å². The molecule has 0 saturated carbocycles. The molecule has 0 radical (unpaired) electrons. The second kappa shape index (κ2) is 5.96. The molecule has 1 amide bonds. The SMILES string of the molecule is CC(C)CC(=O)[C@]1(C)CCCN(c2ccc(F)cc2)C1=O. The molecular weight excluding hydrogens is 269 g/mol. The Balaban J connectivity index is 2.25. The molecule has 1 fully saturated rings. The number of carbonyl (C=O) groups excluding carboxylic acids is 2. The van der Waals surface area contributed by atoms with Gasteiger partial charge in [-0.1, -0.05) is 13.8 Å². The van der Waals surface area contributed by atoms with Gasteiger partial charge in [0.1, 0.15) is 17.0 Å². The molecule has 0 bridgehead atoms. The van der Waals surface area contributed by atoms with Gasteiger partial charge in [0.15, 0.2) is 0 Å². The van der Waals surface area contributed by atoms with E-state index in [2.05, 4.69) is 0 Å². The second-order valence-corrected chi connectivity index (χ2v) is 6.39. The van der Waals surface area contributed by atoms with Gasteiger partial charge in [-0.15, -0.1) is 0 Å². The van der Waals surface area contributed by atoms with E-state index in [-0.39, 0.29) is 23.4 Å². The number of hydrogen-bond acceptors (Lipinski definition) is 2. The van der Waals surface area contributed by atoms with Gasteiger partial charge in [-0.2, -0.15) is 0 Å². The first-order chi connectivity index (χ1) is 9.84. The molecule has 0 spiro atoms. The van der Waals surface area contributed by atoms with E-state index in [1.165, 1.54) is 12.1 Å². The van der Waals surface area contributed by atoms with E-state index in [1.54, 1.807) is 24.0 Å². The van der Waals surface area contributed by atoms with E-state index in [0.717, 1.165) is 6.42 Å². The van der Waals surface area contributed by atoms with E-state index in [0.29, 0.717) is 25.1 Å². The Labute approximate surface area is 125 Å². The minimum Gasteiger partial charge on any atom is -0.312 e. The number of rotatable bonds is 4. The van der Waals surface area contributed by atoms with Crippen LogP contribution in [-0.2, 0) is 9.59 Å². The van der Waals surface area contributed by atoms with Crippen molar-refractivity contribution in [3.8, 4) is 0 Å². The van der Waals surface area contributed by atoms with Crippen LogP contribution < -0.4 is 4.90 Å². The summed E-state index contributed by atoms with van der Waals surface area (Å²) in [5.41, 5.74) is -0.290. The van der Waals surface area contributed by atoms with Crippen molar-refractivity contribution in [3.63, 3.8) is 0 Å². The summed E-state index contributed by atoms with van der Waals surface area (Å²) < 4.78 is 13.0. The molecule has 0 aromatic heterocycles. The normalized spacial score (nSPS) is 22.7. The summed E-state index contributed by atoms with van der Waals surface area (Å²) in [5.74, 6) is -0.245. The third kappa shape index (κ3) is 3.14. The number of ketones is 1. The summed E-state index contributed by atoms with van der Waals surface area (Å²) in [6.07, 6.45) is 1.79. The zero-order valence-corrected chi connectivity index (χ0v) is 12.9. The Kier molecular flexibility index (Phi) is 4.45. The van der Waals surface area contributed by atoms with Gasteiger partial charge in [-0.25, -0.2) is 4.39 Å². The summed E-state index contributed by atoms with van der Waals surface area (Å²) in [6.45, 7) is 6.28. The maximum absolute atomic E-state index is 13.0. The Morgan fingerprint density at radius 1 is 1.33 bits per heavy atom. The zero-order valence-electron chi connectivity index (χ0n) is 12.9. The van der Waals surface area contributed by atoms with Crippen molar-refractivity contribution < 1.29 is 14.0 Å². The first kappa shape index (κ1) is 15.7. The highest BCUT2D eigenvalue weighted by Gasteiger charge is 2.45. The Bertz CT molecular complexity index is 538. The van der Waals surface area contributed by atoms with E-state index >= 15 is 0 Å². The van der Waals surface area contributed by atoms with E-state index in [4.69, 9.17) is 0 Å². The molecule has 1 aromatic rings. The smallest absolute Gasteiger partial charge is 0.240 e. The Morgan fingerprint density at radius 3 is 2.52 bits per heavy atom. The molecule has 1 aromatic carbocycles. The van der Waals surface area contributed by atoms with Crippen molar-refractivity contribution in [1.82, 2.24) is 0 Å². The van der Waals surface area contributed by atoms with Crippen LogP contribution in [-0.4, -0.2) is 18.2 Å². The van der Waals surface area contributed by atoms with Crippen LogP contribution in [0.1, 0.15) is 40.0 Å². The van der Waals surface area contributed by atoms with Crippen LogP contribution in [0.3, 0.4) is 0 Å². The number of benzene rings is 1. The van der Waals surface area contributed by atoms with E-state index in [1.807, 2.05) is 13.8 Å². The second-order valence-electron chi connectivity index (χ2n) is 6.39. The highest BCUT2D eigenvalue weighted by Crippen LogP contribution is 2.36. The monoisotopic (exact) mass is 291 g/mol. The quantitative estimate of drug-likeness (QED) is 0.795. The van der Waals surface area contributed by atoms with Crippen molar-refractivity contribution in [2.24, 2.45) is 11.3 Å². The molecule has 0 aliphatic carbocycles. The lowest BCUT2D eigenvalue weighted by atomic mass is 9.75. The van der Waals surface area contributed by atoms with Crippen molar-refractivity contribution in [2.75, 3.05) is 11.4 Å². The number of anilines is 1. The average molecular weight is 291 g/mol. The number of carbonyl (C=O) groups is 2. The van der Waals surface area contributed by atoms with Crippen molar-refractivity contribution in [1.29, 1.82) is 0 Å². The molecular formula is C17H22FNO2. The number of piperidine rings is 1. The largest absolute Gasteiger partial charge is 0.312 e. The lowest BCUT2D eigenvalue weighted by Gasteiger charge is -2.38. The average Bonchev–Trinajstić information content (AvgIpc) is 2.42. The predicted molar refractivity (Wildman–Crippen MR) is 80.6 cm³/mol. The third-order valence-corrected chi connectivity index (χ3v) is 4.12. The van der Waals surface area contributed by atoms with Gasteiger partial charge in [0.25, 0.3) is 0 Å². The van der Waals surface area contributed by atoms with Crippen molar-refractivity contribution >= 4 is 17.4 Å². The van der Waals surface area contributed by atoms with Crippen LogP contribution in [0.15, 0.2) is 24.3 Å². The summed E-state index contributed by atoms with van der Waals surface area (Å²) in [4.78, 5) is 26.8. The van der Waals surface area contributed by atoms with Crippen LogP contribution >= 0.6 is 0 Å². The van der Waals surface area contributed by atoms with E-state index < -0.39 is 5.41 Å². The van der Waals surface area contributed by atoms with Crippen molar-refractivity contribution in [2.45, 2.75) is 40.0 Å². The predicted octanol–water partition coefficient (Wildman–Crippen LogP) is 3.57. The molecule has 1 atom stereocenters. The number of hydrogen-bond donors (Lipinski definition) is 0. The molecule has 1 heterocycles. The van der Waals surface area contributed by atoms with Gasteiger partial charge in [-0.3, -0.25) is 9.59 Å². The van der Waals surface area contributed by atoms with Gasteiger partial charge < -0.3 is 4.90 Å². The Morgan fingerprint density at radius 2 is 1.95 bits per heavy atom. The number of nitrogens with zero attached hydrogens (tertiary/aromatic N) is 1. The molecule has 21 heavy (non-hydrogen) atoms. The number of amides is 1. The minimum atomic E-state index is -0.948. The molecule has 114 valence electrons. The highest BCUT2D eigenvalue weighted by molar-refractivity contribution is 6.12. The van der Waals surface area contributed by atoms with Gasteiger partial charge in [0.05, 0.1) is 0 Å². The minimum absolute atomic E-state index is 0.00862. The first-order valence-corrected chi connectivity index (χ1v) is 7.45. The zero-order chi connectivity index (χ0) is 15.6. The number of Topliss-reactive ketones (excluding diaryl/α,β-unsaturated/α-hetero) is 1. The van der Waals surface area contributed by atoms with Crippen LogP contribution in [0.25, 0.3) is 0 Å². The molecule has 2 rings (SSSR count). The number of halogens is 1. The third-order valence-electron chi connectivity index (χ3n) is 4.12. The maximum atomic E-state index is 13.0. The van der Waals surface area contributed by atoms with Crippen LogP contribution in [0.4, 0.5) is 10.1 Å². The molecule has 0 N–H and O–H groups in total. The van der Waals surface area contributed by atoms with Crippen LogP contribution in [0.2, 0.25) is 0 Å². The molecule has 1 saturated heterocycles. The highest BCUT2D eigenvalue weighted by atomic mass is 19.1. The molecule has 4 heteroatoms. The van der Waals surface area contributed by atoms with Crippen molar-refractivity contribution in [3.05, 3.63) is 30.1 Å². The molecule has 3 nitrogen and oxygen atoms in total. The van der Waals surface area contributed by atoms with Crippen LogP contribution in [0, 0.1) is 17.2 Å². The summed E-state index contributed by atoms with van der Waals surface area (Å²) in [5, 5.41) is 0. The van der Waals surface area contributed by atoms with E-state index in [9.17, 15) is 14.0 Å². The maximum Gasteiger partial charge on any atom is 0.240 e. The summed E-state index contributed by atoms with van der Waals surface area (Å²) in [7, 11) is 0. The first-order valence-electron chi connectivity index (χ1n) is 7.45. The fourth-order valence-corrected chi connectivity index (χ4v) is 2.82. The van der Waals surface area contributed by atoms with Gasteiger partial charge in [0.2, 0.25) is 5.91 Å². The fraction of sp³-hybridized carbons (Fsp3) is 0.529. The lowest BCUT2D eigenvalue weighted by Crippen LogP contribution is -2.51.